The van der Waals surface area contributed by atoms with Crippen molar-refractivity contribution >= 4 is 11.8 Å². The molecule has 12 heavy (non-hydrogen) atoms. The molecule has 0 fully saturated rings. The van der Waals surface area contributed by atoms with Gasteiger partial charge in [-0.05, 0) is 18.7 Å². The average molecular weight is 186 g/mol. The van der Waals surface area contributed by atoms with E-state index >= 15 is 0 Å². The maximum atomic E-state index is 8.62. The van der Waals surface area contributed by atoms with E-state index in [0.29, 0.717) is 0 Å². The highest BCUT2D eigenvalue weighted by atomic mass is 32.2. The summed E-state index contributed by atoms with van der Waals surface area (Å²) in [4.78, 5) is 0. The predicted octanol–water partition coefficient (Wildman–Crippen LogP) is 1.88. The van der Waals surface area contributed by atoms with E-state index in [1.165, 1.54) is 6.42 Å². The average Bonchev–Trinajstić information content (AvgIpc) is 2.12. The first-order valence-electron chi connectivity index (χ1n) is 4.39. The Labute approximate surface area is 79.7 Å². The molecule has 0 saturated carbocycles. The van der Waals surface area contributed by atoms with Crippen LogP contribution in [0, 0.1) is 17.2 Å². The van der Waals surface area contributed by atoms with Gasteiger partial charge in [0.05, 0.1) is 6.07 Å². The third kappa shape index (κ3) is 5.45. The molecule has 0 aliphatic carbocycles. The van der Waals surface area contributed by atoms with Crippen molar-refractivity contribution in [2.75, 3.05) is 18.6 Å². The van der Waals surface area contributed by atoms with Crippen molar-refractivity contribution in [3.05, 3.63) is 0 Å². The summed E-state index contributed by atoms with van der Waals surface area (Å²) in [5, 5.41) is 11.6. The molecular weight excluding hydrogens is 168 g/mol. The summed E-state index contributed by atoms with van der Waals surface area (Å²) in [5.74, 6) is 2.83. The first-order chi connectivity index (χ1) is 5.74. The van der Waals surface area contributed by atoms with E-state index in [-0.39, 0.29) is 6.04 Å². The molecule has 70 valence electrons. The van der Waals surface area contributed by atoms with Gasteiger partial charge in [-0.25, -0.2) is 0 Å². The second kappa shape index (κ2) is 7.45. The summed E-state index contributed by atoms with van der Waals surface area (Å²) in [6.45, 7) is 4.44. The SMILES string of the molecule is CCC(C)CSCC(C#N)NC. The third-order valence-corrected chi connectivity index (χ3v) is 3.26. The van der Waals surface area contributed by atoms with Crippen molar-refractivity contribution in [3.8, 4) is 6.07 Å². The Morgan fingerprint density at radius 1 is 1.50 bits per heavy atom. The number of nitriles is 1. The molecule has 0 heterocycles. The predicted molar refractivity (Wildman–Crippen MR) is 55.2 cm³/mol. The molecule has 0 amide bonds. The largest absolute Gasteiger partial charge is 0.304 e. The molecule has 0 aliphatic heterocycles. The van der Waals surface area contributed by atoms with Crippen LogP contribution in [0.3, 0.4) is 0 Å². The van der Waals surface area contributed by atoms with Gasteiger partial charge in [-0.15, -0.1) is 0 Å². The standard InChI is InChI=1S/C9H18N2S/c1-4-8(2)6-12-7-9(5-10)11-3/h8-9,11H,4,6-7H2,1-3H3. The van der Waals surface area contributed by atoms with E-state index in [2.05, 4.69) is 25.2 Å². The smallest absolute Gasteiger partial charge is 0.104 e. The number of thioether (sulfide) groups is 1. The zero-order valence-electron chi connectivity index (χ0n) is 8.13. The molecular formula is C9H18N2S. The fourth-order valence-electron chi connectivity index (χ4n) is 0.690. The van der Waals surface area contributed by atoms with Gasteiger partial charge < -0.3 is 5.32 Å². The Balaban J connectivity index is 3.36. The molecule has 2 unspecified atom stereocenters. The van der Waals surface area contributed by atoms with E-state index in [9.17, 15) is 0 Å². The minimum atomic E-state index is 0.0130. The van der Waals surface area contributed by atoms with Crippen LogP contribution in [0.5, 0.6) is 0 Å². The Morgan fingerprint density at radius 2 is 2.17 bits per heavy atom. The fraction of sp³-hybridized carbons (Fsp3) is 0.889. The summed E-state index contributed by atoms with van der Waals surface area (Å²) in [5.41, 5.74) is 0. The van der Waals surface area contributed by atoms with E-state index < -0.39 is 0 Å². The molecule has 0 aromatic heterocycles. The second-order valence-corrected chi connectivity index (χ2v) is 4.10. The van der Waals surface area contributed by atoms with Crippen molar-refractivity contribution in [2.24, 2.45) is 5.92 Å². The van der Waals surface area contributed by atoms with Gasteiger partial charge in [0.25, 0.3) is 0 Å². The lowest BCUT2D eigenvalue weighted by molar-refractivity contribution is 0.635. The lowest BCUT2D eigenvalue weighted by Gasteiger charge is -2.10. The van der Waals surface area contributed by atoms with Crippen molar-refractivity contribution < 1.29 is 0 Å². The molecule has 0 saturated heterocycles. The summed E-state index contributed by atoms with van der Waals surface area (Å²) in [6, 6.07) is 2.22. The monoisotopic (exact) mass is 186 g/mol. The number of nitrogens with zero attached hydrogens (tertiary/aromatic N) is 1. The normalized spacial score (nSPS) is 15.2. The van der Waals surface area contributed by atoms with E-state index in [1.807, 2.05) is 18.8 Å². The zero-order chi connectivity index (χ0) is 9.40. The molecule has 0 aromatic rings. The van der Waals surface area contributed by atoms with Crippen LogP contribution in [0.25, 0.3) is 0 Å². The van der Waals surface area contributed by atoms with Gasteiger partial charge in [-0.1, -0.05) is 20.3 Å². The van der Waals surface area contributed by atoms with Gasteiger partial charge in [0, 0.05) is 5.75 Å². The first-order valence-corrected chi connectivity index (χ1v) is 5.54. The number of hydrogen-bond donors (Lipinski definition) is 1. The van der Waals surface area contributed by atoms with Crippen LogP contribution < -0.4 is 5.32 Å². The van der Waals surface area contributed by atoms with E-state index in [0.717, 1.165) is 17.4 Å². The number of nitrogens with one attached hydrogen (secondary N) is 1. The van der Waals surface area contributed by atoms with Crippen LogP contribution in [-0.4, -0.2) is 24.6 Å². The lowest BCUT2D eigenvalue weighted by atomic mass is 10.2. The van der Waals surface area contributed by atoms with Gasteiger partial charge in [-0.3, -0.25) is 0 Å². The van der Waals surface area contributed by atoms with Crippen molar-refractivity contribution in [3.63, 3.8) is 0 Å². The molecule has 0 aliphatic rings. The number of rotatable bonds is 6. The lowest BCUT2D eigenvalue weighted by Crippen LogP contribution is -2.25. The molecule has 2 nitrogen and oxygen atoms in total. The van der Waals surface area contributed by atoms with Gasteiger partial charge in [0.1, 0.15) is 6.04 Å². The highest BCUT2D eigenvalue weighted by Crippen LogP contribution is 2.11. The summed E-state index contributed by atoms with van der Waals surface area (Å²) in [6.07, 6.45) is 1.23. The molecule has 1 N–H and O–H groups in total. The maximum absolute atomic E-state index is 8.62. The van der Waals surface area contributed by atoms with Gasteiger partial charge >= 0.3 is 0 Å². The summed E-state index contributed by atoms with van der Waals surface area (Å²) >= 11 is 1.86. The molecule has 0 rings (SSSR count). The summed E-state index contributed by atoms with van der Waals surface area (Å²) < 4.78 is 0. The maximum Gasteiger partial charge on any atom is 0.104 e. The van der Waals surface area contributed by atoms with Crippen LogP contribution >= 0.6 is 11.8 Å². The minimum absolute atomic E-state index is 0.0130. The Morgan fingerprint density at radius 3 is 2.58 bits per heavy atom. The first kappa shape index (κ1) is 11.8. The van der Waals surface area contributed by atoms with Crippen molar-refractivity contribution in [1.82, 2.24) is 5.32 Å². The molecule has 0 aromatic carbocycles. The van der Waals surface area contributed by atoms with Crippen LogP contribution in [0.4, 0.5) is 0 Å². The van der Waals surface area contributed by atoms with Gasteiger partial charge in [0.2, 0.25) is 0 Å². The topological polar surface area (TPSA) is 35.8 Å². The fourth-order valence-corrected chi connectivity index (χ4v) is 1.94. The van der Waals surface area contributed by atoms with Crippen molar-refractivity contribution in [1.29, 1.82) is 5.26 Å². The molecule has 3 heteroatoms. The number of hydrogen-bond acceptors (Lipinski definition) is 3. The van der Waals surface area contributed by atoms with E-state index in [4.69, 9.17) is 5.26 Å². The third-order valence-electron chi connectivity index (χ3n) is 1.89. The Hall–Kier alpha value is -0.200. The molecule has 2 atom stereocenters. The van der Waals surface area contributed by atoms with Gasteiger partial charge in [0.15, 0.2) is 0 Å². The molecule has 0 spiro atoms. The van der Waals surface area contributed by atoms with E-state index in [1.54, 1.807) is 0 Å². The molecule has 0 radical (unpaired) electrons. The summed E-state index contributed by atoms with van der Waals surface area (Å²) in [7, 11) is 1.83. The Bertz CT molecular complexity index is 142. The van der Waals surface area contributed by atoms with Gasteiger partial charge in [-0.2, -0.15) is 17.0 Å². The second-order valence-electron chi connectivity index (χ2n) is 3.02. The highest BCUT2D eigenvalue weighted by molar-refractivity contribution is 7.99. The van der Waals surface area contributed by atoms with Crippen LogP contribution in [-0.2, 0) is 0 Å². The molecule has 0 bridgehead atoms. The van der Waals surface area contributed by atoms with Crippen LogP contribution in [0.15, 0.2) is 0 Å². The minimum Gasteiger partial charge on any atom is -0.304 e. The highest BCUT2D eigenvalue weighted by Gasteiger charge is 2.04. The Kier molecular flexibility index (Phi) is 7.33. The van der Waals surface area contributed by atoms with Crippen molar-refractivity contribution in [2.45, 2.75) is 26.3 Å². The van der Waals surface area contributed by atoms with Crippen LogP contribution in [0.1, 0.15) is 20.3 Å². The van der Waals surface area contributed by atoms with Crippen LogP contribution in [0.2, 0.25) is 0 Å². The quantitative estimate of drug-likeness (QED) is 0.688. The zero-order valence-corrected chi connectivity index (χ0v) is 8.95.